The summed E-state index contributed by atoms with van der Waals surface area (Å²) in [5.74, 6) is -0.117. The second-order valence-electron chi connectivity index (χ2n) is 11.1. The number of fused-ring (bicyclic) bond motifs is 1. The molecule has 2 amide bonds. The van der Waals surface area contributed by atoms with E-state index in [9.17, 15) is 9.59 Å². The Bertz CT molecular complexity index is 1680. The molecule has 2 aliphatic rings. The molecule has 6 rings (SSSR count). The van der Waals surface area contributed by atoms with Gasteiger partial charge in [-0.2, -0.15) is 0 Å². The smallest absolute Gasteiger partial charge is 0.265 e. The second kappa shape index (κ2) is 13.7. The van der Waals surface area contributed by atoms with Crippen LogP contribution in [0.4, 0.5) is 11.4 Å². The lowest BCUT2D eigenvalue weighted by molar-refractivity contribution is -0.114. The molecule has 1 fully saturated rings. The fourth-order valence-electron chi connectivity index (χ4n) is 5.63. The van der Waals surface area contributed by atoms with E-state index in [0.717, 1.165) is 65.1 Å². The molecule has 0 saturated carbocycles. The quantitative estimate of drug-likeness (QED) is 0.217. The normalized spacial score (nSPS) is 16.2. The summed E-state index contributed by atoms with van der Waals surface area (Å²) >= 11 is 7.64. The van der Waals surface area contributed by atoms with E-state index in [1.165, 1.54) is 17.3 Å². The number of carbonyl (C=O) groups excluding carboxylic acids is 2. The van der Waals surface area contributed by atoms with Gasteiger partial charge in [0.1, 0.15) is 0 Å². The number of carbonyl (C=O) groups is 2. The van der Waals surface area contributed by atoms with Crippen molar-refractivity contribution in [3.05, 3.63) is 129 Å². The lowest BCUT2D eigenvalue weighted by atomic mass is 10.1. The Kier molecular flexibility index (Phi) is 9.36. The minimum atomic E-state index is -0.0943. The third kappa shape index (κ3) is 7.18. The van der Waals surface area contributed by atoms with Gasteiger partial charge in [-0.05, 0) is 66.6 Å². The van der Waals surface area contributed by atoms with Gasteiger partial charge in [0, 0.05) is 60.4 Å². The van der Waals surface area contributed by atoms with E-state index >= 15 is 0 Å². The van der Waals surface area contributed by atoms with Crippen LogP contribution >= 0.6 is 23.4 Å². The maximum absolute atomic E-state index is 13.7. The Hall–Kier alpha value is -4.04. The molecule has 2 heterocycles. The highest BCUT2D eigenvalue weighted by molar-refractivity contribution is 8.04. The van der Waals surface area contributed by atoms with Gasteiger partial charge in [0.2, 0.25) is 0 Å². The second-order valence-corrected chi connectivity index (χ2v) is 12.7. The number of benzene rings is 4. The van der Waals surface area contributed by atoms with Gasteiger partial charge in [0.25, 0.3) is 11.8 Å². The van der Waals surface area contributed by atoms with Crippen molar-refractivity contribution in [3.63, 3.8) is 0 Å². The van der Waals surface area contributed by atoms with Crippen molar-refractivity contribution in [1.82, 2.24) is 10.2 Å². The summed E-state index contributed by atoms with van der Waals surface area (Å²) in [4.78, 5) is 34.8. The lowest BCUT2D eigenvalue weighted by Crippen LogP contribution is -2.48. The van der Waals surface area contributed by atoms with Crippen LogP contribution in [0.5, 0.6) is 0 Å². The number of nitrogens with zero attached hydrogens (tertiary/aromatic N) is 3. The highest BCUT2D eigenvalue weighted by Crippen LogP contribution is 2.42. The molecule has 0 spiro atoms. The molecule has 0 aromatic heterocycles. The summed E-state index contributed by atoms with van der Waals surface area (Å²) in [5, 5.41) is 3.81. The fourth-order valence-corrected chi connectivity index (χ4v) is 6.87. The topological polar surface area (TPSA) is 55.9 Å². The average molecular weight is 623 g/mol. The van der Waals surface area contributed by atoms with E-state index in [2.05, 4.69) is 52.4 Å². The molecular formula is C36H35ClN4O2S. The molecule has 4 aromatic carbocycles. The van der Waals surface area contributed by atoms with Crippen LogP contribution in [0.2, 0.25) is 5.02 Å². The van der Waals surface area contributed by atoms with Crippen LogP contribution in [0.25, 0.3) is 6.08 Å². The molecule has 2 aliphatic heterocycles. The fraction of sp³-hybridized carbons (Fsp3) is 0.222. The number of thioether (sulfide) groups is 1. The number of halogens is 1. The first-order valence-electron chi connectivity index (χ1n) is 14.9. The maximum Gasteiger partial charge on any atom is 0.265 e. The van der Waals surface area contributed by atoms with Crippen LogP contribution in [-0.4, -0.2) is 56.0 Å². The van der Waals surface area contributed by atoms with Crippen LogP contribution < -0.4 is 15.1 Å². The predicted molar refractivity (Wildman–Crippen MR) is 182 cm³/mol. The molecule has 4 aromatic rings. The van der Waals surface area contributed by atoms with Crippen LogP contribution in [0, 0.1) is 6.92 Å². The zero-order valence-electron chi connectivity index (χ0n) is 24.7. The van der Waals surface area contributed by atoms with Gasteiger partial charge in [-0.1, -0.05) is 83.5 Å². The first-order valence-corrected chi connectivity index (χ1v) is 16.1. The van der Waals surface area contributed by atoms with E-state index in [4.69, 9.17) is 11.6 Å². The van der Waals surface area contributed by atoms with Crippen LogP contribution in [0.15, 0.2) is 107 Å². The van der Waals surface area contributed by atoms with Gasteiger partial charge in [0.05, 0.1) is 17.1 Å². The number of amides is 2. The van der Waals surface area contributed by atoms with Crippen molar-refractivity contribution in [2.45, 2.75) is 18.4 Å². The number of anilines is 2. The number of hydrogen-bond donors (Lipinski definition) is 1. The zero-order chi connectivity index (χ0) is 30.5. The number of para-hydroxylation sites is 1. The SMILES string of the molecule is Cc1cccc(CN2C(=O)/C(=C\c3ccc(C(=O)NCCN4CCN(c5cccc(Cl)c5)CC4)cc3)Sc3ccccc32)c1. The molecule has 0 radical (unpaired) electrons. The minimum absolute atomic E-state index is 0.0228. The summed E-state index contributed by atoms with van der Waals surface area (Å²) in [6.07, 6.45) is 1.91. The molecule has 0 atom stereocenters. The van der Waals surface area contributed by atoms with Crippen molar-refractivity contribution in [2.24, 2.45) is 0 Å². The molecule has 0 unspecified atom stereocenters. The lowest BCUT2D eigenvalue weighted by Gasteiger charge is -2.36. The third-order valence-corrected chi connectivity index (χ3v) is 9.30. The largest absolute Gasteiger partial charge is 0.369 e. The summed E-state index contributed by atoms with van der Waals surface area (Å²) in [5.41, 5.74) is 5.82. The molecular weight excluding hydrogens is 588 g/mol. The monoisotopic (exact) mass is 622 g/mol. The average Bonchev–Trinajstić information content (AvgIpc) is 3.04. The van der Waals surface area contributed by atoms with E-state index in [1.54, 1.807) is 0 Å². The van der Waals surface area contributed by atoms with E-state index in [0.29, 0.717) is 23.6 Å². The standard InChI is InChI=1S/C36H35ClN4O2S/c1-26-6-4-7-28(22-26)25-41-32-10-2-3-11-33(32)44-34(36(41)43)23-27-12-14-29(15-13-27)35(42)38-16-17-39-18-20-40(21-19-39)31-9-5-8-30(37)24-31/h2-15,22-24H,16-21,25H2,1H3,(H,38,42)/b34-23+. The van der Waals surface area contributed by atoms with Gasteiger partial charge in [-0.15, -0.1) is 0 Å². The Balaban J connectivity index is 1.04. The summed E-state index contributed by atoms with van der Waals surface area (Å²) < 4.78 is 0. The number of aryl methyl sites for hydroxylation is 1. The van der Waals surface area contributed by atoms with Crippen molar-refractivity contribution in [1.29, 1.82) is 0 Å². The Morgan fingerprint density at radius 3 is 2.45 bits per heavy atom. The first-order chi connectivity index (χ1) is 21.4. The molecule has 0 bridgehead atoms. The van der Waals surface area contributed by atoms with E-state index in [-0.39, 0.29) is 11.8 Å². The molecule has 1 saturated heterocycles. The highest BCUT2D eigenvalue weighted by Gasteiger charge is 2.29. The van der Waals surface area contributed by atoms with Crippen molar-refractivity contribution >= 4 is 52.6 Å². The molecule has 6 nitrogen and oxygen atoms in total. The highest BCUT2D eigenvalue weighted by atomic mass is 35.5. The maximum atomic E-state index is 13.7. The van der Waals surface area contributed by atoms with Gasteiger partial charge >= 0.3 is 0 Å². The summed E-state index contributed by atoms with van der Waals surface area (Å²) in [6, 6.07) is 31.7. The summed E-state index contributed by atoms with van der Waals surface area (Å²) in [6.45, 7) is 7.70. The van der Waals surface area contributed by atoms with Crippen molar-refractivity contribution in [2.75, 3.05) is 49.1 Å². The number of nitrogens with one attached hydrogen (secondary N) is 1. The van der Waals surface area contributed by atoms with Gasteiger partial charge in [0.15, 0.2) is 0 Å². The van der Waals surface area contributed by atoms with Gasteiger partial charge in [-0.3, -0.25) is 14.5 Å². The zero-order valence-corrected chi connectivity index (χ0v) is 26.3. The van der Waals surface area contributed by atoms with Crippen molar-refractivity contribution < 1.29 is 9.59 Å². The Morgan fingerprint density at radius 2 is 1.68 bits per heavy atom. The van der Waals surface area contributed by atoms with E-state index < -0.39 is 0 Å². The number of piperazine rings is 1. The molecule has 224 valence electrons. The van der Waals surface area contributed by atoms with Gasteiger partial charge < -0.3 is 15.1 Å². The van der Waals surface area contributed by atoms with Crippen LogP contribution in [0.3, 0.4) is 0 Å². The number of rotatable bonds is 8. The van der Waals surface area contributed by atoms with Crippen molar-refractivity contribution in [3.8, 4) is 0 Å². The first kappa shape index (κ1) is 30.0. The molecule has 8 heteroatoms. The molecule has 44 heavy (non-hydrogen) atoms. The molecule has 1 N–H and O–H groups in total. The Morgan fingerprint density at radius 1 is 0.909 bits per heavy atom. The van der Waals surface area contributed by atoms with Crippen LogP contribution in [0.1, 0.15) is 27.0 Å². The number of hydrogen-bond acceptors (Lipinski definition) is 5. The van der Waals surface area contributed by atoms with E-state index in [1.807, 2.05) is 77.7 Å². The van der Waals surface area contributed by atoms with Gasteiger partial charge in [-0.25, -0.2) is 0 Å². The predicted octanol–water partition coefficient (Wildman–Crippen LogP) is 6.88. The third-order valence-electron chi connectivity index (χ3n) is 7.98. The molecule has 0 aliphatic carbocycles. The summed E-state index contributed by atoms with van der Waals surface area (Å²) in [7, 11) is 0. The minimum Gasteiger partial charge on any atom is -0.369 e. The van der Waals surface area contributed by atoms with Crippen LogP contribution in [-0.2, 0) is 11.3 Å². The Labute approximate surface area is 268 Å².